The Kier molecular flexibility index (Phi) is 2.64. The number of anilines is 1. The van der Waals surface area contributed by atoms with Crippen molar-refractivity contribution in [1.82, 2.24) is 4.98 Å². The number of aromatic nitrogens is 1. The molecule has 0 aromatic carbocycles. The fourth-order valence-electron chi connectivity index (χ4n) is 1.83. The Morgan fingerprint density at radius 2 is 2.36 bits per heavy atom. The van der Waals surface area contributed by atoms with Gasteiger partial charge in [0.15, 0.2) is 0 Å². The van der Waals surface area contributed by atoms with Gasteiger partial charge in [0.05, 0.1) is 10.7 Å². The maximum Gasteiger partial charge on any atom is 0.0820 e. The van der Waals surface area contributed by atoms with E-state index >= 15 is 0 Å². The van der Waals surface area contributed by atoms with E-state index in [1.165, 1.54) is 25.7 Å². The average Bonchev–Trinajstić information content (AvgIpc) is 2.90. The molecule has 1 heterocycles. The van der Waals surface area contributed by atoms with Crippen LogP contribution in [0.1, 0.15) is 32.6 Å². The molecule has 0 bridgehead atoms. The molecule has 1 N–H and O–H groups in total. The predicted molar refractivity (Wildman–Crippen MR) is 59.7 cm³/mol. The van der Waals surface area contributed by atoms with E-state index in [9.17, 15) is 0 Å². The third-order valence-corrected chi connectivity index (χ3v) is 3.06. The fourth-order valence-corrected chi connectivity index (χ4v) is 2.00. The van der Waals surface area contributed by atoms with Crippen LogP contribution in [0.5, 0.6) is 0 Å². The molecule has 1 saturated carbocycles. The summed E-state index contributed by atoms with van der Waals surface area (Å²) in [6.45, 7) is 2.22. The van der Waals surface area contributed by atoms with Crippen LogP contribution in [0.2, 0.25) is 5.02 Å². The van der Waals surface area contributed by atoms with E-state index in [2.05, 4.69) is 17.2 Å². The van der Waals surface area contributed by atoms with Crippen LogP contribution in [-0.2, 0) is 0 Å². The van der Waals surface area contributed by atoms with Gasteiger partial charge in [-0.05, 0) is 25.3 Å². The Morgan fingerprint density at radius 1 is 1.57 bits per heavy atom. The number of pyridine rings is 1. The molecule has 2 nitrogen and oxygen atoms in total. The minimum atomic E-state index is 0.333. The summed E-state index contributed by atoms with van der Waals surface area (Å²) in [5.74, 6) is 0. The highest BCUT2D eigenvalue weighted by atomic mass is 35.5. The third kappa shape index (κ3) is 2.01. The number of hydrogen-bond donors (Lipinski definition) is 1. The van der Waals surface area contributed by atoms with Crippen molar-refractivity contribution in [3.05, 3.63) is 23.5 Å². The van der Waals surface area contributed by atoms with Crippen LogP contribution in [0.3, 0.4) is 0 Å². The summed E-state index contributed by atoms with van der Waals surface area (Å²) in [6, 6.07) is 1.94. The maximum absolute atomic E-state index is 6.03. The third-order valence-electron chi connectivity index (χ3n) is 2.75. The number of rotatable bonds is 4. The van der Waals surface area contributed by atoms with Crippen molar-refractivity contribution < 1.29 is 0 Å². The van der Waals surface area contributed by atoms with Crippen LogP contribution >= 0.6 is 11.6 Å². The molecular formula is C11H15ClN2. The van der Waals surface area contributed by atoms with Gasteiger partial charge in [-0.1, -0.05) is 24.9 Å². The lowest BCUT2D eigenvalue weighted by Gasteiger charge is -2.18. The van der Waals surface area contributed by atoms with Crippen LogP contribution in [0.25, 0.3) is 0 Å². The highest BCUT2D eigenvalue weighted by Crippen LogP contribution is 2.43. The van der Waals surface area contributed by atoms with Crippen LogP contribution in [0.4, 0.5) is 5.69 Å². The lowest BCUT2D eigenvalue weighted by molar-refractivity contribution is 0.639. The van der Waals surface area contributed by atoms with Crippen LogP contribution < -0.4 is 5.32 Å². The van der Waals surface area contributed by atoms with Gasteiger partial charge >= 0.3 is 0 Å². The van der Waals surface area contributed by atoms with E-state index in [4.69, 9.17) is 11.6 Å². The van der Waals surface area contributed by atoms with Gasteiger partial charge in [-0.2, -0.15) is 0 Å². The van der Waals surface area contributed by atoms with Crippen molar-refractivity contribution in [1.29, 1.82) is 0 Å². The summed E-state index contributed by atoms with van der Waals surface area (Å²) in [7, 11) is 0. The molecule has 3 heteroatoms. The van der Waals surface area contributed by atoms with Gasteiger partial charge in [-0.15, -0.1) is 0 Å². The highest BCUT2D eigenvalue weighted by molar-refractivity contribution is 6.33. The molecule has 0 unspecified atom stereocenters. The second-order valence-electron chi connectivity index (χ2n) is 4.01. The van der Waals surface area contributed by atoms with Crippen molar-refractivity contribution in [3.63, 3.8) is 0 Å². The molecule has 0 saturated heterocycles. The van der Waals surface area contributed by atoms with Crippen LogP contribution in [0.15, 0.2) is 18.5 Å². The monoisotopic (exact) mass is 210 g/mol. The lowest BCUT2D eigenvalue weighted by atomic mass is 10.1. The van der Waals surface area contributed by atoms with Gasteiger partial charge in [0.25, 0.3) is 0 Å². The first-order valence-electron chi connectivity index (χ1n) is 5.13. The van der Waals surface area contributed by atoms with Gasteiger partial charge in [-0.25, -0.2) is 0 Å². The molecule has 0 spiro atoms. The first kappa shape index (κ1) is 9.78. The van der Waals surface area contributed by atoms with E-state index < -0.39 is 0 Å². The molecule has 76 valence electrons. The summed E-state index contributed by atoms with van der Waals surface area (Å²) >= 11 is 6.03. The molecule has 1 aromatic heterocycles. The molecule has 14 heavy (non-hydrogen) atoms. The van der Waals surface area contributed by atoms with Crippen LogP contribution in [0, 0.1) is 0 Å². The van der Waals surface area contributed by atoms with E-state index in [-0.39, 0.29) is 0 Å². The first-order valence-corrected chi connectivity index (χ1v) is 5.51. The first-order chi connectivity index (χ1) is 6.76. The maximum atomic E-state index is 6.03. The zero-order valence-electron chi connectivity index (χ0n) is 8.39. The Labute approximate surface area is 89.7 Å². The van der Waals surface area contributed by atoms with Gasteiger partial charge in [0, 0.05) is 17.9 Å². The number of hydrogen-bond acceptors (Lipinski definition) is 2. The average molecular weight is 211 g/mol. The number of halogens is 1. The second kappa shape index (κ2) is 3.77. The molecule has 0 aliphatic heterocycles. The van der Waals surface area contributed by atoms with E-state index in [0.717, 1.165) is 10.7 Å². The summed E-state index contributed by atoms with van der Waals surface area (Å²) in [4.78, 5) is 3.97. The highest BCUT2D eigenvalue weighted by Gasteiger charge is 2.41. The van der Waals surface area contributed by atoms with Crippen LogP contribution in [-0.4, -0.2) is 10.5 Å². The lowest BCUT2D eigenvalue weighted by Crippen LogP contribution is -2.20. The standard InChI is InChI=1S/C11H15ClN2/c1-2-4-11(5-6-11)14-10-3-7-13-8-9(10)12/h3,7-8H,2,4-6H2,1H3,(H,13,14). The van der Waals surface area contributed by atoms with Crippen molar-refractivity contribution in [3.8, 4) is 0 Å². The van der Waals surface area contributed by atoms with Gasteiger partial charge in [0.1, 0.15) is 0 Å². The Hall–Kier alpha value is -0.760. The number of nitrogens with one attached hydrogen (secondary N) is 1. The van der Waals surface area contributed by atoms with E-state index in [1.807, 2.05) is 6.07 Å². The summed E-state index contributed by atoms with van der Waals surface area (Å²) < 4.78 is 0. The summed E-state index contributed by atoms with van der Waals surface area (Å²) in [5.41, 5.74) is 1.35. The van der Waals surface area contributed by atoms with Gasteiger partial charge < -0.3 is 5.32 Å². The van der Waals surface area contributed by atoms with Crippen molar-refractivity contribution in [2.75, 3.05) is 5.32 Å². The SMILES string of the molecule is CCCC1(Nc2ccncc2Cl)CC1. The molecule has 1 aliphatic rings. The molecule has 0 amide bonds. The molecule has 1 aliphatic carbocycles. The van der Waals surface area contributed by atoms with E-state index in [1.54, 1.807) is 12.4 Å². The minimum Gasteiger partial charge on any atom is -0.378 e. The second-order valence-corrected chi connectivity index (χ2v) is 4.42. The topological polar surface area (TPSA) is 24.9 Å². The molecule has 2 rings (SSSR count). The van der Waals surface area contributed by atoms with Crippen molar-refractivity contribution >= 4 is 17.3 Å². The Bertz CT molecular complexity index is 321. The smallest absolute Gasteiger partial charge is 0.0820 e. The molecule has 0 radical (unpaired) electrons. The van der Waals surface area contributed by atoms with E-state index in [0.29, 0.717) is 5.54 Å². The fraction of sp³-hybridized carbons (Fsp3) is 0.545. The Balaban J connectivity index is 2.07. The zero-order chi connectivity index (χ0) is 10.0. The predicted octanol–water partition coefficient (Wildman–Crippen LogP) is 3.48. The van der Waals surface area contributed by atoms with Gasteiger partial charge in [-0.3, -0.25) is 4.98 Å². The van der Waals surface area contributed by atoms with Crippen molar-refractivity contribution in [2.24, 2.45) is 0 Å². The van der Waals surface area contributed by atoms with Gasteiger partial charge in [0.2, 0.25) is 0 Å². The summed E-state index contributed by atoms with van der Waals surface area (Å²) in [5, 5.41) is 4.24. The Morgan fingerprint density at radius 3 is 2.93 bits per heavy atom. The van der Waals surface area contributed by atoms with Crippen molar-refractivity contribution in [2.45, 2.75) is 38.1 Å². The number of nitrogens with zero attached hydrogens (tertiary/aromatic N) is 1. The summed E-state index contributed by atoms with van der Waals surface area (Å²) in [6.07, 6.45) is 8.43. The molecule has 1 fully saturated rings. The largest absolute Gasteiger partial charge is 0.378 e. The minimum absolute atomic E-state index is 0.333. The molecule has 1 aromatic rings. The quantitative estimate of drug-likeness (QED) is 0.823. The zero-order valence-corrected chi connectivity index (χ0v) is 9.14. The normalized spacial score (nSPS) is 17.9. The molecular weight excluding hydrogens is 196 g/mol. The molecule has 0 atom stereocenters.